The van der Waals surface area contributed by atoms with Gasteiger partial charge in [-0.2, -0.15) is 11.8 Å². The molecule has 0 rings (SSSR count). The summed E-state index contributed by atoms with van der Waals surface area (Å²) in [4.78, 5) is 0. The van der Waals surface area contributed by atoms with Gasteiger partial charge in [-0.3, -0.25) is 0 Å². The van der Waals surface area contributed by atoms with E-state index in [4.69, 9.17) is 0 Å². The fourth-order valence-corrected chi connectivity index (χ4v) is 3.45. The minimum Gasteiger partial charge on any atom is -0.158 e. The van der Waals surface area contributed by atoms with Gasteiger partial charge in [-0.1, -0.05) is 38.7 Å². The van der Waals surface area contributed by atoms with Crippen LogP contribution in [0.5, 0.6) is 0 Å². The molecule has 0 heterocycles. The molecule has 0 nitrogen and oxygen atoms in total. The molecule has 0 aromatic heterocycles. The Labute approximate surface area is 76.5 Å². The average Bonchev–Trinajstić information content (AvgIpc) is 1.79. The average molecular weight is 188 g/mol. The molecule has 0 spiro atoms. The van der Waals surface area contributed by atoms with Crippen molar-refractivity contribution >= 4 is 19.8 Å². The quantitative estimate of drug-likeness (QED) is 0.469. The molecule has 0 aliphatic heterocycles. The van der Waals surface area contributed by atoms with E-state index >= 15 is 0 Å². The van der Waals surface area contributed by atoms with Crippen LogP contribution >= 0.6 is 11.8 Å². The van der Waals surface area contributed by atoms with Crippen LogP contribution in [0.15, 0.2) is 12.2 Å². The maximum atomic E-state index is 4.09. The molecular weight excluding hydrogens is 168 g/mol. The normalized spacial score (nSPS) is 11.6. The summed E-state index contributed by atoms with van der Waals surface area (Å²) in [6, 6.07) is 1.29. The molecule has 0 atom stereocenters. The summed E-state index contributed by atoms with van der Waals surface area (Å²) < 4.78 is 0. The molecule has 0 aromatic carbocycles. The Morgan fingerprint density at radius 1 is 1.36 bits per heavy atom. The van der Waals surface area contributed by atoms with Crippen molar-refractivity contribution in [2.24, 2.45) is 0 Å². The zero-order valence-electron chi connectivity index (χ0n) is 8.24. The van der Waals surface area contributed by atoms with Gasteiger partial charge in [0.1, 0.15) is 0 Å². The summed E-state index contributed by atoms with van der Waals surface area (Å²) in [5, 5.41) is 0. The van der Waals surface area contributed by atoms with E-state index in [0.717, 1.165) is 0 Å². The van der Waals surface area contributed by atoms with Gasteiger partial charge in [0.2, 0.25) is 0 Å². The first kappa shape index (κ1) is 11.3. The first-order valence-corrected chi connectivity index (χ1v) is 9.06. The van der Waals surface area contributed by atoms with Gasteiger partial charge in [0, 0.05) is 13.8 Å². The molecule has 66 valence electrons. The Morgan fingerprint density at radius 3 is 2.27 bits per heavy atom. The minimum absolute atomic E-state index is 0.883. The van der Waals surface area contributed by atoms with Crippen LogP contribution in [0.3, 0.4) is 0 Å². The lowest BCUT2D eigenvalue weighted by molar-refractivity contribution is 1.34. The second kappa shape index (κ2) is 5.04. The van der Waals surface area contributed by atoms with Crippen molar-refractivity contribution in [3.63, 3.8) is 0 Å². The summed E-state index contributed by atoms with van der Waals surface area (Å²) in [5.41, 5.74) is 1.44. The Balaban J connectivity index is 3.53. The predicted octanol–water partition coefficient (Wildman–Crippen LogP) is 3.63. The fourth-order valence-electron chi connectivity index (χ4n) is 1.05. The van der Waals surface area contributed by atoms with Gasteiger partial charge < -0.3 is 0 Å². The van der Waals surface area contributed by atoms with Crippen molar-refractivity contribution in [2.75, 3.05) is 11.5 Å². The van der Waals surface area contributed by atoms with E-state index in [1.165, 1.54) is 23.1 Å². The Hall–Kier alpha value is 0.307. The minimum atomic E-state index is -0.883. The third kappa shape index (κ3) is 8.21. The maximum Gasteiger partial charge on any atom is 0.0483 e. The van der Waals surface area contributed by atoms with E-state index in [1.54, 1.807) is 0 Å². The highest BCUT2D eigenvalue weighted by Gasteiger charge is 2.13. The van der Waals surface area contributed by atoms with Crippen LogP contribution in [0, 0.1) is 0 Å². The molecule has 0 saturated heterocycles. The van der Waals surface area contributed by atoms with E-state index in [0.29, 0.717) is 0 Å². The van der Waals surface area contributed by atoms with Gasteiger partial charge >= 0.3 is 0 Å². The molecule has 0 radical (unpaired) electrons. The fraction of sp³-hybridized carbons (Fsp3) is 0.778. The van der Waals surface area contributed by atoms with Crippen LogP contribution < -0.4 is 0 Å². The SMILES string of the molecule is C=C(CSCC)C[Si](C)(C)C. The molecule has 0 aromatic rings. The van der Waals surface area contributed by atoms with Crippen LogP contribution in [0.2, 0.25) is 25.7 Å². The number of thioether (sulfide) groups is 1. The van der Waals surface area contributed by atoms with Crippen LogP contribution in [-0.2, 0) is 0 Å². The lowest BCUT2D eigenvalue weighted by Crippen LogP contribution is -2.20. The second-order valence-corrected chi connectivity index (χ2v) is 10.9. The topological polar surface area (TPSA) is 0 Å². The standard InChI is InChI=1S/C9H20SSi/c1-6-10-7-9(2)8-11(3,4)5/h2,6-8H2,1,3-5H3. The van der Waals surface area contributed by atoms with Crippen molar-refractivity contribution in [1.82, 2.24) is 0 Å². The Bertz CT molecular complexity index is 124. The van der Waals surface area contributed by atoms with Gasteiger partial charge in [-0.15, -0.1) is 0 Å². The monoisotopic (exact) mass is 188 g/mol. The molecular formula is C9H20SSi. The van der Waals surface area contributed by atoms with Gasteiger partial charge in [0.05, 0.1) is 0 Å². The third-order valence-electron chi connectivity index (χ3n) is 1.29. The van der Waals surface area contributed by atoms with Gasteiger partial charge in [-0.05, 0) is 11.8 Å². The molecule has 0 saturated carbocycles. The predicted molar refractivity (Wildman–Crippen MR) is 60.3 cm³/mol. The molecule has 0 aliphatic rings. The van der Waals surface area contributed by atoms with E-state index in [2.05, 4.69) is 33.1 Å². The van der Waals surface area contributed by atoms with Crippen molar-refractivity contribution in [3.05, 3.63) is 12.2 Å². The highest BCUT2D eigenvalue weighted by atomic mass is 32.2. The number of rotatable bonds is 5. The van der Waals surface area contributed by atoms with Crippen LogP contribution in [0.25, 0.3) is 0 Å². The van der Waals surface area contributed by atoms with Gasteiger partial charge in [-0.25, -0.2) is 0 Å². The van der Waals surface area contributed by atoms with Crippen molar-refractivity contribution in [3.8, 4) is 0 Å². The number of hydrogen-bond acceptors (Lipinski definition) is 1. The molecule has 11 heavy (non-hydrogen) atoms. The number of hydrogen-bond donors (Lipinski definition) is 0. The van der Waals surface area contributed by atoms with E-state index in [1.807, 2.05) is 11.8 Å². The summed E-state index contributed by atoms with van der Waals surface area (Å²) in [6.45, 7) is 13.5. The summed E-state index contributed by atoms with van der Waals surface area (Å²) in [7, 11) is -0.883. The maximum absolute atomic E-state index is 4.09. The Kier molecular flexibility index (Phi) is 5.18. The van der Waals surface area contributed by atoms with Gasteiger partial charge in [0.15, 0.2) is 0 Å². The van der Waals surface area contributed by atoms with Crippen LogP contribution in [-0.4, -0.2) is 19.6 Å². The molecule has 0 unspecified atom stereocenters. The zero-order valence-corrected chi connectivity index (χ0v) is 10.1. The largest absolute Gasteiger partial charge is 0.158 e. The molecule has 0 N–H and O–H groups in total. The smallest absolute Gasteiger partial charge is 0.0483 e. The van der Waals surface area contributed by atoms with Crippen LogP contribution in [0.1, 0.15) is 6.92 Å². The highest BCUT2D eigenvalue weighted by molar-refractivity contribution is 7.99. The summed E-state index contributed by atoms with van der Waals surface area (Å²) >= 11 is 1.98. The van der Waals surface area contributed by atoms with E-state index < -0.39 is 8.07 Å². The van der Waals surface area contributed by atoms with E-state index in [-0.39, 0.29) is 0 Å². The zero-order chi connectivity index (χ0) is 8.91. The molecule has 0 fully saturated rings. The van der Waals surface area contributed by atoms with Crippen molar-refractivity contribution in [1.29, 1.82) is 0 Å². The second-order valence-electron chi connectivity index (χ2n) is 4.12. The van der Waals surface area contributed by atoms with Gasteiger partial charge in [0.25, 0.3) is 0 Å². The lowest BCUT2D eigenvalue weighted by Gasteiger charge is -2.16. The highest BCUT2D eigenvalue weighted by Crippen LogP contribution is 2.18. The molecule has 0 aliphatic carbocycles. The summed E-state index contributed by atoms with van der Waals surface area (Å²) in [6.07, 6.45) is 0. The lowest BCUT2D eigenvalue weighted by atomic mass is 10.4. The molecule has 2 heteroatoms. The molecule has 0 amide bonds. The Morgan fingerprint density at radius 2 is 1.91 bits per heavy atom. The molecule has 0 bridgehead atoms. The first-order valence-electron chi connectivity index (χ1n) is 4.20. The third-order valence-corrected chi connectivity index (χ3v) is 3.87. The first-order chi connectivity index (χ1) is 4.95. The van der Waals surface area contributed by atoms with Crippen molar-refractivity contribution in [2.45, 2.75) is 32.6 Å². The summed E-state index contributed by atoms with van der Waals surface area (Å²) in [5.74, 6) is 2.38. The van der Waals surface area contributed by atoms with Crippen LogP contribution in [0.4, 0.5) is 0 Å². The van der Waals surface area contributed by atoms with Crippen molar-refractivity contribution < 1.29 is 0 Å². The van der Waals surface area contributed by atoms with E-state index in [9.17, 15) is 0 Å².